The number of thioether (sulfide) groups is 1. The molecule has 3 aromatic carbocycles. The maximum absolute atomic E-state index is 12.3. The van der Waals surface area contributed by atoms with Crippen LogP contribution in [-0.4, -0.2) is 54.2 Å². The first-order valence-electron chi connectivity index (χ1n) is 14.3. The van der Waals surface area contributed by atoms with Gasteiger partial charge in [-0.25, -0.2) is 5.48 Å². The van der Waals surface area contributed by atoms with Crippen LogP contribution in [0.25, 0.3) is 5.69 Å². The number of carbonyl (C=O) groups is 2. The summed E-state index contributed by atoms with van der Waals surface area (Å²) in [6, 6.07) is 24.7. The van der Waals surface area contributed by atoms with Gasteiger partial charge >= 0.3 is 0 Å². The molecule has 44 heavy (non-hydrogen) atoms. The minimum Gasteiger partial charge on any atom is -0.392 e. The van der Waals surface area contributed by atoms with Crippen LogP contribution < -0.4 is 10.8 Å². The standard InChI is InChI=1S/C31H34N6O6S/c38-19-21-10-12-22(13-11-21)27-18-26(20-44-31-33-35-36-37(31)25-6-2-1-3-7-25)42-30(43-27)23-14-16-24(17-15-23)32-28(39)8-4-5-9-29(40)34-41/h1-3,6-7,10-17,26-27,30,38,41H,4-5,8-9,18-20H2,(H,32,39)(H,34,40)/t26-,27+,30+/m0/s1. The zero-order valence-corrected chi connectivity index (χ0v) is 24.7. The Morgan fingerprint density at radius 3 is 2.32 bits per heavy atom. The van der Waals surface area contributed by atoms with E-state index in [2.05, 4.69) is 20.8 Å². The number of aliphatic hydroxyl groups excluding tert-OH is 1. The number of anilines is 1. The Kier molecular flexibility index (Phi) is 11.1. The molecule has 0 unspecified atom stereocenters. The van der Waals surface area contributed by atoms with Gasteiger partial charge in [0.1, 0.15) is 0 Å². The first-order valence-corrected chi connectivity index (χ1v) is 15.3. The van der Waals surface area contributed by atoms with E-state index in [-0.39, 0.29) is 37.6 Å². The van der Waals surface area contributed by atoms with Crippen LogP contribution in [-0.2, 0) is 25.7 Å². The number of para-hydroxylation sites is 1. The van der Waals surface area contributed by atoms with Crippen molar-refractivity contribution in [2.45, 2.75) is 62.4 Å². The van der Waals surface area contributed by atoms with Gasteiger partial charge in [0.15, 0.2) is 6.29 Å². The summed E-state index contributed by atoms with van der Waals surface area (Å²) in [7, 11) is 0. The van der Waals surface area contributed by atoms with Crippen LogP contribution in [0.1, 0.15) is 61.2 Å². The van der Waals surface area contributed by atoms with Gasteiger partial charge in [-0.2, -0.15) is 4.68 Å². The molecule has 0 radical (unpaired) electrons. The molecule has 3 atom stereocenters. The molecule has 230 valence electrons. The van der Waals surface area contributed by atoms with E-state index in [0.29, 0.717) is 35.9 Å². The van der Waals surface area contributed by atoms with E-state index >= 15 is 0 Å². The summed E-state index contributed by atoms with van der Waals surface area (Å²) in [6.45, 7) is -0.0311. The molecule has 1 fully saturated rings. The highest BCUT2D eigenvalue weighted by atomic mass is 32.2. The smallest absolute Gasteiger partial charge is 0.243 e. The molecule has 2 amide bonds. The Hall–Kier alpha value is -4.14. The Morgan fingerprint density at radius 2 is 1.61 bits per heavy atom. The summed E-state index contributed by atoms with van der Waals surface area (Å²) in [4.78, 5) is 23.5. The summed E-state index contributed by atoms with van der Waals surface area (Å²) in [6.07, 6.45) is 0.986. The minimum atomic E-state index is -0.649. The third-order valence-electron chi connectivity index (χ3n) is 7.10. The lowest BCUT2D eigenvalue weighted by atomic mass is 10.0. The molecule has 0 bridgehead atoms. The zero-order chi connectivity index (χ0) is 30.7. The van der Waals surface area contributed by atoms with E-state index in [1.54, 1.807) is 22.3 Å². The van der Waals surface area contributed by atoms with Gasteiger partial charge in [-0.1, -0.05) is 66.4 Å². The fourth-order valence-electron chi connectivity index (χ4n) is 4.76. The number of hydroxylamine groups is 1. The van der Waals surface area contributed by atoms with Crippen molar-refractivity contribution in [2.24, 2.45) is 0 Å². The van der Waals surface area contributed by atoms with E-state index in [9.17, 15) is 14.7 Å². The highest BCUT2D eigenvalue weighted by Gasteiger charge is 2.32. The van der Waals surface area contributed by atoms with E-state index in [4.69, 9.17) is 14.7 Å². The van der Waals surface area contributed by atoms with Crippen molar-refractivity contribution >= 4 is 29.3 Å². The van der Waals surface area contributed by atoms with Gasteiger partial charge in [0.2, 0.25) is 17.0 Å². The van der Waals surface area contributed by atoms with Crippen molar-refractivity contribution in [2.75, 3.05) is 11.1 Å². The number of carbonyl (C=O) groups excluding carboxylic acids is 2. The number of hydrogen-bond donors (Lipinski definition) is 4. The molecule has 1 aliphatic heterocycles. The summed E-state index contributed by atoms with van der Waals surface area (Å²) in [5, 5.41) is 33.8. The van der Waals surface area contributed by atoms with Crippen LogP contribution in [0.4, 0.5) is 5.69 Å². The fourth-order valence-corrected chi connectivity index (χ4v) is 5.67. The lowest BCUT2D eigenvalue weighted by Crippen LogP contribution is -2.31. The third-order valence-corrected chi connectivity index (χ3v) is 8.16. The molecule has 12 nitrogen and oxygen atoms in total. The molecule has 0 spiro atoms. The normalized spacial score (nSPS) is 18.1. The number of rotatable bonds is 13. The Labute approximate surface area is 258 Å². The molecule has 13 heteroatoms. The van der Waals surface area contributed by atoms with Crippen molar-refractivity contribution in [1.82, 2.24) is 25.7 Å². The lowest BCUT2D eigenvalue weighted by molar-refractivity contribution is -0.245. The zero-order valence-electron chi connectivity index (χ0n) is 23.9. The Balaban J connectivity index is 1.25. The number of aliphatic hydroxyl groups is 1. The molecule has 1 aromatic heterocycles. The number of unbranched alkanes of at least 4 members (excludes halogenated alkanes) is 1. The van der Waals surface area contributed by atoms with Gasteiger partial charge in [0.05, 0.1) is 24.5 Å². The number of amides is 2. The highest BCUT2D eigenvalue weighted by Crippen LogP contribution is 2.39. The molecule has 0 saturated carbocycles. The third kappa shape index (κ3) is 8.49. The van der Waals surface area contributed by atoms with Crippen LogP contribution in [0.5, 0.6) is 0 Å². The van der Waals surface area contributed by atoms with E-state index in [1.165, 1.54) is 11.8 Å². The molecule has 0 aliphatic carbocycles. The monoisotopic (exact) mass is 618 g/mol. The van der Waals surface area contributed by atoms with Crippen molar-refractivity contribution in [3.8, 4) is 5.69 Å². The summed E-state index contributed by atoms with van der Waals surface area (Å²) < 4.78 is 14.6. The largest absolute Gasteiger partial charge is 0.392 e. The molecule has 5 rings (SSSR count). The van der Waals surface area contributed by atoms with Crippen molar-refractivity contribution in [1.29, 1.82) is 0 Å². The summed E-state index contributed by atoms with van der Waals surface area (Å²) >= 11 is 1.51. The van der Waals surface area contributed by atoms with Gasteiger partial charge in [0, 0.05) is 36.3 Å². The van der Waals surface area contributed by atoms with Gasteiger partial charge in [0.25, 0.3) is 0 Å². The average molecular weight is 619 g/mol. The van der Waals surface area contributed by atoms with Crippen molar-refractivity contribution < 1.29 is 29.4 Å². The van der Waals surface area contributed by atoms with Crippen LogP contribution in [0, 0.1) is 0 Å². The van der Waals surface area contributed by atoms with E-state index in [0.717, 1.165) is 22.4 Å². The van der Waals surface area contributed by atoms with Crippen LogP contribution in [0.2, 0.25) is 0 Å². The maximum atomic E-state index is 12.3. The van der Waals surface area contributed by atoms with Gasteiger partial charge < -0.3 is 19.9 Å². The highest BCUT2D eigenvalue weighted by molar-refractivity contribution is 7.99. The molecular formula is C31H34N6O6S. The fraction of sp³-hybridized carbons (Fsp3) is 0.323. The number of benzene rings is 3. The predicted molar refractivity (Wildman–Crippen MR) is 162 cm³/mol. The molecule has 2 heterocycles. The number of nitrogens with one attached hydrogen (secondary N) is 2. The predicted octanol–water partition coefficient (Wildman–Crippen LogP) is 4.50. The molecule has 4 aromatic rings. The Morgan fingerprint density at radius 1 is 0.909 bits per heavy atom. The van der Waals surface area contributed by atoms with E-state index in [1.807, 2.05) is 66.7 Å². The molecule has 1 aliphatic rings. The number of aromatic nitrogens is 4. The quantitative estimate of drug-likeness (QED) is 0.0727. The van der Waals surface area contributed by atoms with Gasteiger partial charge in [-0.05, 0) is 58.7 Å². The SMILES string of the molecule is O=C(CCCCC(=O)Nc1ccc([C@@H]2O[C@H](CSc3nnnn3-c3ccccc3)C[C@H](c3ccc(CO)cc3)O2)cc1)NO. The molecule has 4 N–H and O–H groups in total. The van der Waals surface area contributed by atoms with E-state index < -0.39 is 12.2 Å². The molecular weight excluding hydrogens is 584 g/mol. The Bertz CT molecular complexity index is 1500. The molecule has 1 saturated heterocycles. The summed E-state index contributed by atoms with van der Waals surface area (Å²) in [5.41, 5.74) is 5.71. The topological polar surface area (TPSA) is 161 Å². The van der Waals surface area contributed by atoms with Crippen molar-refractivity contribution in [3.05, 3.63) is 95.6 Å². The average Bonchev–Trinajstić information content (AvgIpc) is 3.55. The first-order chi connectivity index (χ1) is 21.5. The van der Waals surface area contributed by atoms with Gasteiger partial charge in [-0.15, -0.1) is 5.10 Å². The second kappa shape index (κ2) is 15.5. The number of hydrogen-bond acceptors (Lipinski definition) is 10. The second-order valence-electron chi connectivity index (χ2n) is 10.3. The maximum Gasteiger partial charge on any atom is 0.243 e. The van der Waals surface area contributed by atoms with Crippen LogP contribution >= 0.6 is 11.8 Å². The van der Waals surface area contributed by atoms with Crippen molar-refractivity contribution in [3.63, 3.8) is 0 Å². The second-order valence-corrected chi connectivity index (χ2v) is 11.3. The minimum absolute atomic E-state index is 0.0311. The number of tetrazole rings is 1. The number of ether oxygens (including phenoxy) is 2. The number of nitrogens with zero attached hydrogens (tertiary/aromatic N) is 4. The van der Waals surface area contributed by atoms with Crippen LogP contribution in [0.3, 0.4) is 0 Å². The van der Waals surface area contributed by atoms with Gasteiger partial charge in [-0.3, -0.25) is 14.8 Å². The lowest BCUT2D eigenvalue weighted by Gasteiger charge is -2.36. The summed E-state index contributed by atoms with van der Waals surface area (Å²) in [5.74, 6) is -0.0358. The van der Waals surface area contributed by atoms with Crippen LogP contribution in [0.15, 0.2) is 84.0 Å². The first kappa shape index (κ1) is 31.3.